The summed E-state index contributed by atoms with van der Waals surface area (Å²) in [5.41, 5.74) is 11.8. The predicted molar refractivity (Wildman–Crippen MR) is 119 cm³/mol. The molecule has 3 aromatic rings. The van der Waals surface area contributed by atoms with Crippen LogP contribution in [0.3, 0.4) is 0 Å². The van der Waals surface area contributed by atoms with Gasteiger partial charge in [0.15, 0.2) is 0 Å². The minimum atomic E-state index is -0.621. The SMILES string of the molecule is Cc1ccc(N)cc1-c1nc(-c2ccc3c(c2)CN(C2CCC(=O)NC2=O)C3=O)cn1C. The van der Waals surface area contributed by atoms with Crippen LogP contribution in [0, 0.1) is 6.92 Å². The Labute approximate surface area is 185 Å². The lowest BCUT2D eigenvalue weighted by Gasteiger charge is -2.29. The number of aryl methyl sites for hydroxylation is 2. The van der Waals surface area contributed by atoms with E-state index >= 15 is 0 Å². The van der Waals surface area contributed by atoms with E-state index in [2.05, 4.69) is 5.32 Å². The maximum Gasteiger partial charge on any atom is 0.255 e. The van der Waals surface area contributed by atoms with E-state index in [0.29, 0.717) is 24.2 Å². The van der Waals surface area contributed by atoms with Crippen LogP contribution in [0.1, 0.15) is 34.3 Å². The number of anilines is 1. The summed E-state index contributed by atoms with van der Waals surface area (Å²) >= 11 is 0. The Hall–Kier alpha value is -3.94. The maximum absolute atomic E-state index is 12.9. The van der Waals surface area contributed by atoms with E-state index in [1.165, 1.54) is 0 Å². The highest BCUT2D eigenvalue weighted by molar-refractivity contribution is 6.05. The normalized spacial score (nSPS) is 18.1. The first-order valence-corrected chi connectivity index (χ1v) is 10.5. The average Bonchev–Trinajstić information content (AvgIpc) is 3.30. The number of hydrogen-bond acceptors (Lipinski definition) is 5. The van der Waals surface area contributed by atoms with E-state index in [1.54, 1.807) is 11.0 Å². The van der Waals surface area contributed by atoms with Gasteiger partial charge < -0.3 is 15.2 Å². The van der Waals surface area contributed by atoms with Crippen molar-refractivity contribution in [2.45, 2.75) is 32.4 Å². The number of carbonyl (C=O) groups excluding carboxylic acids is 3. The molecular weight excluding hydrogens is 406 g/mol. The molecule has 2 aromatic carbocycles. The Morgan fingerprint density at radius 1 is 1.09 bits per heavy atom. The van der Waals surface area contributed by atoms with Gasteiger partial charge in [0.1, 0.15) is 11.9 Å². The molecule has 8 heteroatoms. The highest BCUT2D eigenvalue weighted by Gasteiger charge is 2.39. The summed E-state index contributed by atoms with van der Waals surface area (Å²) < 4.78 is 1.96. The summed E-state index contributed by atoms with van der Waals surface area (Å²) in [6.07, 6.45) is 2.54. The fourth-order valence-corrected chi connectivity index (χ4v) is 4.47. The van der Waals surface area contributed by atoms with E-state index in [-0.39, 0.29) is 18.2 Å². The Morgan fingerprint density at radius 2 is 1.91 bits per heavy atom. The van der Waals surface area contributed by atoms with Gasteiger partial charge in [0.05, 0.1) is 5.69 Å². The maximum atomic E-state index is 12.9. The van der Waals surface area contributed by atoms with Gasteiger partial charge in [0, 0.05) is 48.6 Å². The molecule has 1 saturated heterocycles. The zero-order valence-electron chi connectivity index (χ0n) is 17.9. The summed E-state index contributed by atoms with van der Waals surface area (Å²) in [7, 11) is 1.94. The van der Waals surface area contributed by atoms with Gasteiger partial charge in [-0.1, -0.05) is 12.1 Å². The van der Waals surface area contributed by atoms with Crippen LogP contribution >= 0.6 is 0 Å². The van der Waals surface area contributed by atoms with Crippen molar-refractivity contribution in [3.63, 3.8) is 0 Å². The predicted octanol–water partition coefficient (Wildman–Crippen LogP) is 2.41. The molecule has 1 atom stereocenters. The molecule has 0 aliphatic carbocycles. The number of fused-ring (bicyclic) bond motifs is 1. The zero-order chi connectivity index (χ0) is 22.6. The van der Waals surface area contributed by atoms with Crippen LogP contribution in [0.4, 0.5) is 5.69 Å². The summed E-state index contributed by atoms with van der Waals surface area (Å²) in [6.45, 7) is 2.36. The number of imide groups is 1. The summed E-state index contributed by atoms with van der Waals surface area (Å²) in [5, 5.41) is 2.33. The van der Waals surface area contributed by atoms with Crippen molar-refractivity contribution in [2.24, 2.45) is 7.05 Å². The van der Waals surface area contributed by atoms with Crippen molar-refractivity contribution in [3.8, 4) is 22.6 Å². The summed E-state index contributed by atoms with van der Waals surface area (Å²) in [4.78, 5) is 43.0. The molecule has 0 spiro atoms. The number of hydrogen-bond donors (Lipinski definition) is 2. The van der Waals surface area contributed by atoms with Gasteiger partial charge in [-0.2, -0.15) is 0 Å². The summed E-state index contributed by atoms with van der Waals surface area (Å²) in [5.74, 6) is -0.0711. The molecule has 1 aromatic heterocycles. The number of piperidine rings is 1. The smallest absolute Gasteiger partial charge is 0.255 e. The molecule has 0 bridgehead atoms. The van der Waals surface area contributed by atoms with Crippen molar-refractivity contribution in [2.75, 3.05) is 5.73 Å². The van der Waals surface area contributed by atoms with Gasteiger partial charge in [-0.3, -0.25) is 19.7 Å². The monoisotopic (exact) mass is 429 g/mol. The second-order valence-corrected chi connectivity index (χ2v) is 8.41. The third-order valence-electron chi connectivity index (χ3n) is 6.20. The number of nitrogens with two attached hydrogens (primary N) is 1. The minimum Gasteiger partial charge on any atom is -0.399 e. The fourth-order valence-electron chi connectivity index (χ4n) is 4.47. The molecule has 0 saturated carbocycles. The fraction of sp³-hybridized carbons (Fsp3) is 0.250. The van der Waals surface area contributed by atoms with Gasteiger partial charge in [0.2, 0.25) is 11.8 Å². The first-order chi connectivity index (χ1) is 15.3. The second kappa shape index (κ2) is 7.33. The molecule has 5 rings (SSSR count). The molecule has 3 N–H and O–H groups in total. The van der Waals surface area contributed by atoms with Crippen LogP contribution in [-0.2, 0) is 23.2 Å². The number of aromatic nitrogens is 2. The highest BCUT2D eigenvalue weighted by Crippen LogP contribution is 2.32. The molecule has 0 radical (unpaired) electrons. The molecule has 2 aliphatic rings. The number of carbonyl (C=O) groups is 3. The van der Waals surface area contributed by atoms with Gasteiger partial charge in [0.25, 0.3) is 5.91 Å². The van der Waals surface area contributed by atoms with Gasteiger partial charge in [-0.25, -0.2) is 4.98 Å². The third kappa shape index (κ3) is 3.24. The molecular formula is C24H23N5O3. The average molecular weight is 429 g/mol. The molecule has 3 amide bonds. The number of nitrogens with one attached hydrogen (secondary N) is 1. The van der Waals surface area contributed by atoms with E-state index < -0.39 is 11.9 Å². The Morgan fingerprint density at radius 3 is 2.69 bits per heavy atom. The van der Waals surface area contributed by atoms with Gasteiger partial charge in [-0.05, 0) is 48.7 Å². The van der Waals surface area contributed by atoms with Crippen molar-refractivity contribution < 1.29 is 14.4 Å². The first-order valence-electron chi connectivity index (χ1n) is 10.5. The van der Waals surface area contributed by atoms with E-state index in [1.807, 2.05) is 55.1 Å². The standard InChI is InChI=1S/C24H23N5O3/c1-13-3-5-16(25)10-18(13)22-26-19(12-28(22)2)14-4-6-17-15(9-14)11-29(24(17)32)20-7-8-21(30)27-23(20)31/h3-6,9-10,12,20H,7-8,11,25H2,1-2H3,(H,27,30,31). The summed E-state index contributed by atoms with van der Waals surface area (Å²) in [6, 6.07) is 10.8. The van der Waals surface area contributed by atoms with Crippen LogP contribution in [0.2, 0.25) is 0 Å². The van der Waals surface area contributed by atoms with E-state index in [0.717, 1.165) is 33.8 Å². The molecule has 3 heterocycles. The van der Waals surface area contributed by atoms with Crippen LogP contribution in [0.25, 0.3) is 22.6 Å². The third-order valence-corrected chi connectivity index (χ3v) is 6.20. The number of benzene rings is 2. The number of nitrogens with zero attached hydrogens (tertiary/aromatic N) is 3. The number of nitrogen functional groups attached to an aromatic ring is 1. The number of amides is 3. The lowest BCUT2D eigenvalue weighted by molar-refractivity contribution is -0.136. The van der Waals surface area contributed by atoms with Crippen molar-refractivity contribution in [3.05, 3.63) is 59.3 Å². The highest BCUT2D eigenvalue weighted by atomic mass is 16.2. The number of imidazole rings is 1. The Kier molecular flexibility index (Phi) is 4.58. The molecule has 1 unspecified atom stereocenters. The quantitative estimate of drug-likeness (QED) is 0.491. The van der Waals surface area contributed by atoms with E-state index in [4.69, 9.17) is 10.7 Å². The van der Waals surface area contributed by atoms with Crippen LogP contribution < -0.4 is 11.1 Å². The van der Waals surface area contributed by atoms with Gasteiger partial charge in [-0.15, -0.1) is 0 Å². The molecule has 8 nitrogen and oxygen atoms in total. The molecule has 1 fully saturated rings. The Balaban J connectivity index is 1.46. The number of rotatable bonds is 3. The molecule has 32 heavy (non-hydrogen) atoms. The molecule has 2 aliphatic heterocycles. The topological polar surface area (TPSA) is 110 Å². The van der Waals surface area contributed by atoms with Gasteiger partial charge >= 0.3 is 0 Å². The van der Waals surface area contributed by atoms with Crippen LogP contribution in [-0.4, -0.2) is 38.2 Å². The van der Waals surface area contributed by atoms with Crippen molar-refractivity contribution in [1.82, 2.24) is 19.8 Å². The minimum absolute atomic E-state index is 0.182. The van der Waals surface area contributed by atoms with Crippen LogP contribution in [0.5, 0.6) is 0 Å². The van der Waals surface area contributed by atoms with Crippen molar-refractivity contribution in [1.29, 1.82) is 0 Å². The second-order valence-electron chi connectivity index (χ2n) is 8.41. The zero-order valence-corrected chi connectivity index (χ0v) is 17.9. The van der Waals surface area contributed by atoms with Crippen molar-refractivity contribution >= 4 is 23.4 Å². The van der Waals surface area contributed by atoms with Crippen LogP contribution in [0.15, 0.2) is 42.6 Å². The first kappa shape index (κ1) is 20.0. The lowest BCUT2D eigenvalue weighted by atomic mass is 10.0. The largest absolute Gasteiger partial charge is 0.399 e. The Bertz CT molecular complexity index is 1290. The lowest BCUT2D eigenvalue weighted by Crippen LogP contribution is -2.52. The molecule has 162 valence electrons. The van der Waals surface area contributed by atoms with E-state index in [9.17, 15) is 14.4 Å².